The fourth-order valence-electron chi connectivity index (χ4n) is 2.62. The molecule has 0 saturated carbocycles. The number of aromatic nitrogens is 1. The second-order valence-electron chi connectivity index (χ2n) is 5.16. The van der Waals surface area contributed by atoms with Crippen molar-refractivity contribution >= 4 is 27.8 Å². The van der Waals surface area contributed by atoms with E-state index < -0.39 is 0 Å². The van der Waals surface area contributed by atoms with Crippen molar-refractivity contribution in [1.82, 2.24) is 9.47 Å². The summed E-state index contributed by atoms with van der Waals surface area (Å²) in [7, 11) is 1.36. The lowest BCUT2D eigenvalue weighted by atomic mass is 10.1. The summed E-state index contributed by atoms with van der Waals surface area (Å²) in [5.41, 5.74) is 2.09. The van der Waals surface area contributed by atoms with Crippen LogP contribution in [0.2, 0.25) is 0 Å². The Balaban J connectivity index is 1.80. The minimum absolute atomic E-state index is 0.000390. The van der Waals surface area contributed by atoms with Crippen LogP contribution < -0.4 is 0 Å². The second kappa shape index (κ2) is 5.96. The van der Waals surface area contributed by atoms with Gasteiger partial charge in [0.05, 0.1) is 12.7 Å². The molecular weight excluding hydrogens is 348 g/mol. The zero-order chi connectivity index (χ0) is 15.7. The first-order valence-corrected chi connectivity index (χ1v) is 7.70. The van der Waals surface area contributed by atoms with Crippen LogP contribution in [0.25, 0.3) is 0 Å². The van der Waals surface area contributed by atoms with E-state index in [0.717, 1.165) is 16.6 Å². The van der Waals surface area contributed by atoms with E-state index in [1.165, 1.54) is 7.11 Å². The number of carbonyl (C=O) groups is 2. The molecule has 0 atom stereocenters. The lowest BCUT2D eigenvalue weighted by Gasteiger charge is -2.28. The van der Waals surface area contributed by atoms with E-state index >= 15 is 0 Å². The van der Waals surface area contributed by atoms with Crippen molar-refractivity contribution in [3.05, 3.63) is 57.8 Å². The van der Waals surface area contributed by atoms with Crippen LogP contribution in [0.5, 0.6) is 0 Å². The van der Waals surface area contributed by atoms with Crippen molar-refractivity contribution in [3.63, 3.8) is 0 Å². The van der Waals surface area contributed by atoms with Crippen molar-refractivity contribution in [2.75, 3.05) is 13.7 Å². The van der Waals surface area contributed by atoms with Gasteiger partial charge in [-0.25, -0.2) is 4.79 Å². The van der Waals surface area contributed by atoms with Crippen LogP contribution in [0.15, 0.2) is 41.0 Å². The van der Waals surface area contributed by atoms with Gasteiger partial charge in [-0.3, -0.25) is 4.79 Å². The first-order chi connectivity index (χ1) is 10.6. The highest BCUT2D eigenvalue weighted by molar-refractivity contribution is 9.10. The van der Waals surface area contributed by atoms with Crippen molar-refractivity contribution in [2.24, 2.45) is 0 Å². The highest BCUT2D eigenvalue weighted by Crippen LogP contribution is 2.21. The van der Waals surface area contributed by atoms with Crippen LogP contribution in [0.3, 0.4) is 0 Å². The number of carbonyl (C=O) groups excluding carboxylic acids is 2. The van der Waals surface area contributed by atoms with Crippen LogP contribution >= 0.6 is 15.9 Å². The first kappa shape index (κ1) is 14.8. The first-order valence-electron chi connectivity index (χ1n) is 6.90. The third kappa shape index (κ3) is 2.78. The van der Waals surface area contributed by atoms with Gasteiger partial charge in [0.25, 0.3) is 5.91 Å². The lowest BCUT2D eigenvalue weighted by Crippen LogP contribution is -2.39. The monoisotopic (exact) mass is 362 g/mol. The zero-order valence-electron chi connectivity index (χ0n) is 12.1. The Kier molecular flexibility index (Phi) is 4.02. The van der Waals surface area contributed by atoms with Gasteiger partial charge in [0, 0.05) is 30.3 Å². The number of rotatable bonds is 3. The quantitative estimate of drug-likeness (QED) is 0.788. The molecule has 22 heavy (non-hydrogen) atoms. The van der Waals surface area contributed by atoms with Gasteiger partial charge in [-0.05, 0) is 39.7 Å². The summed E-state index contributed by atoms with van der Waals surface area (Å²) in [6, 6.07) is 9.01. The molecule has 1 aliphatic rings. The Hall–Kier alpha value is -2.08. The van der Waals surface area contributed by atoms with Gasteiger partial charge >= 0.3 is 5.97 Å². The molecule has 114 valence electrons. The molecule has 0 bridgehead atoms. The molecule has 0 aliphatic carbocycles. The number of hydrogen-bond donors (Lipinski definition) is 0. The third-order valence-corrected chi connectivity index (χ3v) is 4.14. The number of fused-ring (bicyclic) bond motifs is 1. The predicted molar refractivity (Wildman–Crippen MR) is 84.7 cm³/mol. The number of ether oxygens (including phenoxy) is 1. The second-order valence-corrected chi connectivity index (χ2v) is 6.07. The molecule has 5 nitrogen and oxygen atoms in total. The molecule has 1 amide bonds. The SMILES string of the molecule is COC(=O)c1cccc(CN2CCn3cc(Br)cc3C2=O)c1. The molecule has 0 N–H and O–H groups in total. The molecule has 0 radical (unpaired) electrons. The number of nitrogens with zero attached hydrogens (tertiary/aromatic N) is 2. The summed E-state index contributed by atoms with van der Waals surface area (Å²) in [6.07, 6.45) is 1.92. The lowest BCUT2D eigenvalue weighted by molar-refractivity contribution is 0.0600. The molecule has 1 aromatic carbocycles. The molecule has 0 saturated heterocycles. The molecule has 0 spiro atoms. The maximum atomic E-state index is 12.5. The zero-order valence-corrected chi connectivity index (χ0v) is 13.7. The summed E-state index contributed by atoms with van der Waals surface area (Å²) >= 11 is 3.40. The van der Waals surface area contributed by atoms with E-state index in [4.69, 9.17) is 4.74 Å². The van der Waals surface area contributed by atoms with E-state index in [0.29, 0.717) is 24.3 Å². The number of amides is 1. The minimum atomic E-state index is -0.371. The molecule has 0 fully saturated rings. The number of esters is 1. The summed E-state index contributed by atoms with van der Waals surface area (Å²) in [6.45, 7) is 1.89. The van der Waals surface area contributed by atoms with E-state index in [1.54, 1.807) is 23.1 Å². The largest absolute Gasteiger partial charge is 0.465 e. The molecule has 3 rings (SSSR count). The van der Waals surface area contributed by atoms with Crippen LogP contribution in [0.1, 0.15) is 26.4 Å². The summed E-state index contributed by atoms with van der Waals surface area (Å²) in [5, 5.41) is 0. The predicted octanol–water partition coefficient (Wildman–Crippen LogP) is 2.69. The van der Waals surface area contributed by atoms with E-state index in [-0.39, 0.29) is 11.9 Å². The van der Waals surface area contributed by atoms with Gasteiger partial charge in [-0.15, -0.1) is 0 Å². The molecule has 2 heterocycles. The van der Waals surface area contributed by atoms with Crippen molar-refractivity contribution in [2.45, 2.75) is 13.1 Å². The normalized spacial score (nSPS) is 13.9. The number of hydrogen-bond acceptors (Lipinski definition) is 3. The topological polar surface area (TPSA) is 51.5 Å². The molecular formula is C16H15BrN2O3. The van der Waals surface area contributed by atoms with Gasteiger partial charge in [0.1, 0.15) is 5.69 Å². The fraction of sp³-hybridized carbons (Fsp3) is 0.250. The summed E-state index contributed by atoms with van der Waals surface area (Å²) in [4.78, 5) is 25.9. The van der Waals surface area contributed by atoms with Crippen LogP contribution in [-0.4, -0.2) is 35.0 Å². The van der Waals surface area contributed by atoms with E-state index in [2.05, 4.69) is 15.9 Å². The standard InChI is InChI=1S/C16H15BrN2O3/c1-22-16(21)12-4-2-3-11(7-12)9-19-6-5-18-10-13(17)8-14(18)15(19)20/h2-4,7-8,10H,5-6,9H2,1H3. The maximum Gasteiger partial charge on any atom is 0.337 e. The number of benzene rings is 1. The Morgan fingerprint density at radius 2 is 2.14 bits per heavy atom. The van der Waals surface area contributed by atoms with Gasteiger partial charge in [0.15, 0.2) is 0 Å². The summed E-state index contributed by atoms with van der Waals surface area (Å²) in [5.74, 6) is -0.370. The Labute approximate surface area is 136 Å². The average Bonchev–Trinajstić information content (AvgIpc) is 2.91. The highest BCUT2D eigenvalue weighted by Gasteiger charge is 2.25. The highest BCUT2D eigenvalue weighted by atomic mass is 79.9. The van der Waals surface area contributed by atoms with Crippen LogP contribution in [0.4, 0.5) is 0 Å². The smallest absolute Gasteiger partial charge is 0.337 e. The molecule has 1 aliphatic heterocycles. The summed E-state index contributed by atoms with van der Waals surface area (Å²) < 4.78 is 7.58. The maximum absolute atomic E-state index is 12.5. The molecule has 2 aromatic rings. The van der Waals surface area contributed by atoms with Crippen LogP contribution in [0, 0.1) is 0 Å². The Morgan fingerprint density at radius 3 is 2.91 bits per heavy atom. The fourth-order valence-corrected chi connectivity index (χ4v) is 3.08. The molecule has 6 heteroatoms. The molecule has 0 unspecified atom stereocenters. The minimum Gasteiger partial charge on any atom is -0.465 e. The van der Waals surface area contributed by atoms with E-state index in [9.17, 15) is 9.59 Å². The van der Waals surface area contributed by atoms with Crippen molar-refractivity contribution in [3.8, 4) is 0 Å². The Bertz CT molecular complexity index is 739. The number of methoxy groups -OCH3 is 1. The van der Waals surface area contributed by atoms with Gasteiger partial charge < -0.3 is 14.2 Å². The van der Waals surface area contributed by atoms with Crippen molar-refractivity contribution in [1.29, 1.82) is 0 Å². The average molecular weight is 363 g/mol. The van der Waals surface area contributed by atoms with Crippen LogP contribution in [-0.2, 0) is 17.8 Å². The third-order valence-electron chi connectivity index (χ3n) is 3.70. The number of halogens is 1. The van der Waals surface area contributed by atoms with Gasteiger partial charge in [-0.2, -0.15) is 0 Å². The Morgan fingerprint density at radius 1 is 1.32 bits per heavy atom. The van der Waals surface area contributed by atoms with E-state index in [1.807, 2.05) is 22.9 Å². The molecule has 1 aromatic heterocycles. The van der Waals surface area contributed by atoms with Gasteiger partial charge in [0.2, 0.25) is 0 Å². The van der Waals surface area contributed by atoms with Crippen molar-refractivity contribution < 1.29 is 14.3 Å². The van der Waals surface area contributed by atoms with Gasteiger partial charge in [-0.1, -0.05) is 12.1 Å².